The summed E-state index contributed by atoms with van der Waals surface area (Å²) in [5.41, 5.74) is 6.26. The normalized spacial score (nSPS) is 10.8. The number of benzene rings is 2. The molecule has 3 rings (SSSR count). The van der Waals surface area contributed by atoms with E-state index < -0.39 is 0 Å². The lowest BCUT2D eigenvalue weighted by atomic mass is 10.1. The molecule has 0 bridgehead atoms. The molecule has 0 radical (unpaired) electrons. The Morgan fingerprint density at radius 3 is 2.42 bits per heavy atom. The van der Waals surface area contributed by atoms with Gasteiger partial charge in [-0.15, -0.1) is 0 Å². The van der Waals surface area contributed by atoms with Crippen LogP contribution in [0.1, 0.15) is 21.5 Å². The highest BCUT2D eigenvalue weighted by molar-refractivity contribution is 5.80. The van der Waals surface area contributed by atoms with E-state index in [1.54, 1.807) is 0 Å². The maximum absolute atomic E-state index is 10.7. The quantitative estimate of drug-likeness (QED) is 0.653. The third kappa shape index (κ3) is 1.93. The zero-order valence-corrected chi connectivity index (χ0v) is 10.9. The molecule has 0 unspecified atom stereocenters. The van der Waals surface area contributed by atoms with Gasteiger partial charge < -0.3 is 0 Å². The lowest BCUT2D eigenvalue weighted by Crippen LogP contribution is -1.93. The molecule has 0 N–H and O–H groups in total. The molecule has 94 valence electrons. The first-order chi connectivity index (χ1) is 9.19. The number of carbonyl (C=O) groups is 1. The van der Waals surface area contributed by atoms with Crippen LogP contribution in [0.3, 0.4) is 0 Å². The molecule has 0 saturated carbocycles. The smallest absolute Gasteiger partial charge is 0.150 e. The van der Waals surface area contributed by atoms with Crippen molar-refractivity contribution in [3.8, 4) is 5.69 Å². The summed E-state index contributed by atoms with van der Waals surface area (Å²) in [6.07, 6.45) is 2.67. The summed E-state index contributed by atoms with van der Waals surface area (Å²) in [4.78, 5) is 15.1. The van der Waals surface area contributed by atoms with Crippen LogP contribution >= 0.6 is 0 Å². The molecule has 1 heterocycles. The molecule has 0 amide bonds. The molecule has 0 atom stereocenters. The number of aromatic nitrogens is 2. The van der Waals surface area contributed by atoms with Crippen molar-refractivity contribution < 1.29 is 4.79 Å². The summed E-state index contributed by atoms with van der Waals surface area (Å²) < 4.78 is 2.04. The topological polar surface area (TPSA) is 34.9 Å². The van der Waals surface area contributed by atoms with Gasteiger partial charge in [0.05, 0.1) is 11.0 Å². The first-order valence-electron chi connectivity index (χ1n) is 6.19. The largest absolute Gasteiger partial charge is 0.299 e. The van der Waals surface area contributed by atoms with Crippen LogP contribution in [-0.4, -0.2) is 15.8 Å². The second kappa shape index (κ2) is 4.35. The van der Waals surface area contributed by atoms with Gasteiger partial charge in [-0.05, 0) is 61.4 Å². The fourth-order valence-corrected chi connectivity index (χ4v) is 2.18. The number of rotatable bonds is 2. The van der Waals surface area contributed by atoms with Gasteiger partial charge in [-0.2, -0.15) is 0 Å². The highest BCUT2D eigenvalue weighted by Crippen LogP contribution is 2.21. The maximum Gasteiger partial charge on any atom is 0.150 e. The number of fused-ring (bicyclic) bond motifs is 1. The fraction of sp³-hybridized carbons (Fsp3) is 0.125. The molecule has 19 heavy (non-hydrogen) atoms. The van der Waals surface area contributed by atoms with Crippen molar-refractivity contribution >= 4 is 17.3 Å². The van der Waals surface area contributed by atoms with Gasteiger partial charge in [0, 0.05) is 11.3 Å². The minimum absolute atomic E-state index is 0.681. The molecule has 1 aromatic heterocycles. The van der Waals surface area contributed by atoms with E-state index in [0.717, 1.165) is 23.0 Å². The molecule has 0 spiro atoms. The van der Waals surface area contributed by atoms with Gasteiger partial charge >= 0.3 is 0 Å². The van der Waals surface area contributed by atoms with Crippen LogP contribution in [0.5, 0.6) is 0 Å². The molecule has 0 fully saturated rings. The maximum atomic E-state index is 10.7. The van der Waals surface area contributed by atoms with Crippen LogP contribution in [0.15, 0.2) is 42.7 Å². The van der Waals surface area contributed by atoms with E-state index >= 15 is 0 Å². The Hall–Kier alpha value is -2.42. The van der Waals surface area contributed by atoms with E-state index in [0.29, 0.717) is 5.56 Å². The Morgan fingerprint density at radius 1 is 1.05 bits per heavy atom. The van der Waals surface area contributed by atoms with Crippen molar-refractivity contribution in [3.05, 3.63) is 59.4 Å². The first kappa shape index (κ1) is 11.7. The van der Waals surface area contributed by atoms with Gasteiger partial charge in [0.15, 0.2) is 0 Å². The zero-order valence-electron chi connectivity index (χ0n) is 10.9. The van der Waals surface area contributed by atoms with E-state index in [2.05, 4.69) is 31.0 Å². The Kier molecular flexibility index (Phi) is 2.67. The number of hydrogen-bond acceptors (Lipinski definition) is 2. The van der Waals surface area contributed by atoms with Crippen molar-refractivity contribution in [2.45, 2.75) is 13.8 Å². The Balaban J connectivity index is 2.18. The molecule has 0 aliphatic heterocycles. The van der Waals surface area contributed by atoms with Gasteiger partial charge in [0.25, 0.3) is 0 Å². The number of nitrogens with zero attached hydrogens (tertiary/aromatic N) is 2. The van der Waals surface area contributed by atoms with Gasteiger partial charge in [-0.3, -0.25) is 9.36 Å². The van der Waals surface area contributed by atoms with Crippen molar-refractivity contribution in [1.82, 2.24) is 9.55 Å². The summed E-state index contributed by atoms with van der Waals surface area (Å²) in [5, 5.41) is 0. The molecule has 2 aromatic carbocycles. The van der Waals surface area contributed by atoms with Gasteiger partial charge in [-0.1, -0.05) is 0 Å². The molecule has 0 saturated heterocycles. The minimum atomic E-state index is 0.681. The summed E-state index contributed by atoms with van der Waals surface area (Å²) in [6.45, 7) is 4.19. The Bertz CT molecular complexity index is 754. The lowest BCUT2D eigenvalue weighted by molar-refractivity contribution is 0.112. The van der Waals surface area contributed by atoms with E-state index in [-0.39, 0.29) is 0 Å². The SMILES string of the molecule is Cc1cc2ncn(-c3ccc(C=O)cc3)c2cc1C. The number of imidazole rings is 1. The zero-order chi connectivity index (χ0) is 13.4. The average molecular weight is 250 g/mol. The Labute approximate surface area is 111 Å². The number of hydrogen-bond donors (Lipinski definition) is 0. The van der Waals surface area contributed by atoms with E-state index in [4.69, 9.17) is 0 Å². The van der Waals surface area contributed by atoms with E-state index in [1.165, 1.54) is 11.1 Å². The minimum Gasteiger partial charge on any atom is -0.299 e. The van der Waals surface area contributed by atoms with Gasteiger partial charge in [0.1, 0.15) is 12.6 Å². The van der Waals surface area contributed by atoms with Crippen LogP contribution in [-0.2, 0) is 0 Å². The summed E-state index contributed by atoms with van der Waals surface area (Å²) in [6, 6.07) is 11.7. The number of aldehydes is 1. The standard InChI is InChI=1S/C16H14N2O/c1-11-7-15-16(8-12(11)2)18(10-17-15)14-5-3-13(9-19)4-6-14/h3-10H,1-2H3. The highest BCUT2D eigenvalue weighted by Gasteiger charge is 2.06. The molecular formula is C16H14N2O. The van der Waals surface area contributed by atoms with Crippen LogP contribution in [0.4, 0.5) is 0 Å². The monoisotopic (exact) mass is 250 g/mol. The molecule has 3 aromatic rings. The number of aryl methyl sites for hydroxylation is 2. The van der Waals surface area contributed by atoms with E-state index in [1.807, 2.05) is 35.2 Å². The molecule has 3 nitrogen and oxygen atoms in total. The molecule has 0 aliphatic carbocycles. The second-order valence-corrected chi connectivity index (χ2v) is 4.75. The van der Waals surface area contributed by atoms with Crippen molar-refractivity contribution in [2.75, 3.05) is 0 Å². The Morgan fingerprint density at radius 2 is 1.74 bits per heavy atom. The number of carbonyl (C=O) groups excluding carboxylic acids is 1. The summed E-state index contributed by atoms with van der Waals surface area (Å²) in [5.74, 6) is 0. The molecule has 0 aliphatic rings. The van der Waals surface area contributed by atoms with Crippen molar-refractivity contribution in [1.29, 1.82) is 0 Å². The fourth-order valence-electron chi connectivity index (χ4n) is 2.18. The third-order valence-electron chi connectivity index (χ3n) is 3.47. The van der Waals surface area contributed by atoms with Crippen molar-refractivity contribution in [2.24, 2.45) is 0 Å². The molecule has 3 heteroatoms. The van der Waals surface area contributed by atoms with Gasteiger partial charge in [0.2, 0.25) is 0 Å². The van der Waals surface area contributed by atoms with Gasteiger partial charge in [-0.25, -0.2) is 4.98 Å². The van der Waals surface area contributed by atoms with Crippen molar-refractivity contribution in [3.63, 3.8) is 0 Å². The predicted molar refractivity (Wildman–Crippen MR) is 75.9 cm³/mol. The highest BCUT2D eigenvalue weighted by atomic mass is 16.1. The second-order valence-electron chi connectivity index (χ2n) is 4.75. The van der Waals surface area contributed by atoms with E-state index in [9.17, 15) is 4.79 Å². The molecular weight excluding hydrogens is 236 g/mol. The summed E-state index contributed by atoms with van der Waals surface area (Å²) in [7, 11) is 0. The lowest BCUT2D eigenvalue weighted by Gasteiger charge is -2.06. The predicted octanol–water partition coefficient (Wildman–Crippen LogP) is 3.45. The van der Waals surface area contributed by atoms with Crippen LogP contribution in [0.2, 0.25) is 0 Å². The van der Waals surface area contributed by atoms with Crippen LogP contribution < -0.4 is 0 Å². The van der Waals surface area contributed by atoms with Crippen LogP contribution in [0.25, 0.3) is 16.7 Å². The van der Waals surface area contributed by atoms with Crippen LogP contribution in [0, 0.1) is 13.8 Å². The summed E-state index contributed by atoms with van der Waals surface area (Å²) >= 11 is 0. The third-order valence-corrected chi connectivity index (χ3v) is 3.47. The first-order valence-corrected chi connectivity index (χ1v) is 6.19. The average Bonchev–Trinajstić information content (AvgIpc) is 2.82.